The number of rotatable bonds is 10. The number of fused-ring (bicyclic) bond motifs is 1. The van der Waals surface area contributed by atoms with Crippen molar-refractivity contribution in [2.45, 2.75) is 49.1 Å². The summed E-state index contributed by atoms with van der Waals surface area (Å²) in [4.78, 5) is 35.3. The summed E-state index contributed by atoms with van der Waals surface area (Å²) in [5.41, 5.74) is -1.84. The Morgan fingerprint density at radius 1 is 0.981 bits per heavy atom. The molecule has 0 unspecified atom stereocenters. The van der Waals surface area contributed by atoms with E-state index in [4.69, 9.17) is 14.2 Å². The number of carbonyl (C=O) groups excluding carboxylic acids is 2. The molecule has 3 aromatic rings. The number of aliphatic hydroxyl groups excluding tert-OH is 1. The molecular weight excluding hydrogens is 715 g/mol. The molecule has 54 heavy (non-hydrogen) atoms. The number of aromatic nitrogens is 1. The van der Waals surface area contributed by atoms with Gasteiger partial charge in [0.2, 0.25) is 5.88 Å². The van der Waals surface area contributed by atoms with Crippen LogP contribution in [-0.2, 0) is 20.4 Å². The second-order valence-electron chi connectivity index (χ2n) is 14.0. The van der Waals surface area contributed by atoms with Crippen LogP contribution in [0.2, 0.25) is 0 Å². The van der Waals surface area contributed by atoms with Gasteiger partial charge in [-0.1, -0.05) is 0 Å². The molecule has 0 bridgehead atoms. The summed E-state index contributed by atoms with van der Waals surface area (Å²) in [5, 5.41) is 27.6. The largest absolute Gasteiger partial charge is 0.497 e. The number of urea groups is 1. The molecule has 15 nitrogen and oxygen atoms in total. The van der Waals surface area contributed by atoms with Crippen LogP contribution in [0, 0.1) is 23.2 Å². The smallest absolute Gasteiger partial charge is 0.318 e. The van der Waals surface area contributed by atoms with Gasteiger partial charge in [-0.2, -0.15) is 9.57 Å². The van der Waals surface area contributed by atoms with E-state index in [1.807, 2.05) is 0 Å². The highest BCUT2D eigenvalue weighted by Gasteiger charge is 2.59. The first-order valence-corrected chi connectivity index (χ1v) is 19.7. The second-order valence-corrected chi connectivity index (χ2v) is 15.8. The van der Waals surface area contributed by atoms with Crippen molar-refractivity contribution in [1.82, 2.24) is 25.2 Å². The van der Waals surface area contributed by atoms with E-state index in [-0.39, 0.29) is 57.5 Å². The van der Waals surface area contributed by atoms with Gasteiger partial charge in [0.1, 0.15) is 16.4 Å². The van der Waals surface area contributed by atoms with Crippen LogP contribution in [0.4, 0.5) is 10.5 Å². The van der Waals surface area contributed by atoms with Gasteiger partial charge in [0, 0.05) is 57.1 Å². The van der Waals surface area contributed by atoms with E-state index < -0.39 is 27.5 Å². The van der Waals surface area contributed by atoms with Gasteiger partial charge < -0.3 is 29.5 Å². The number of nitrogens with zero attached hydrogens (tertiary/aromatic N) is 6. The SMILES string of the molecule is CCOc1ncccc1[C@]1(NC(=O)N2CC(C3CCN(N4CCC(O)CC4)CC3)C2)C(=O)N(S(=O)(=O)c2ccc(OC)cc2OC)c2ccc(C#N)cc21. The number of anilines is 1. The molecule has 1 atom stereocenters. The highest BCUT2D eigenvalue weighted by atomic mass is 32.2. The normalized spacial score (nSPS) is 21.6. The summed E-state index contributed by atoms with van der Waals surface area (Å²) >= 11 is 0. The van der Waals surface area contributed by atoms with Crippen LogP contribution in [0.25, 0.3) is 0 Å². The zero-order valence-corrected chi connectivity index (χ0v) is 31.4. The topological polar surface area (TPSA) is 178 Å². The number of hydrazine groups is 1. The third kappa shape index (κ3) is 6.48. The minimum atomic E-state index is -4.70. The maximum atomic E-state index is 15.2. The zero-order chi connectivity index (χ0) is 38.2. The maximum Gasteiger partial charge on any atom is 0.318 e. The van der Waals surface area contributed by atoms with Crippen LogP contribution in [-0.4, -0.2) is 112 Å². The van der Waals surface area contributed by atoms with Crippen molar-refractivity contribution < 1.29 is 37.3 Å². The predicted octanol–water partition coefficient (Wildman–Crippen LogP) is 3.07. The van der Waals surface area contributed by atoms with Crippen molar-refractivity contribution in [3.8, 4) is 23.4 Å². The minimum Gasteiger partial charge on any atom is -0.497 e. The first kappa shape index (κ1) is 37.4. The molecule has 2 N–H and O–H groups in total. The van der Waals surface area contributed by atoms with E-state index in [2.05, 4.69) is 26.4 Å². The molecule has 4 aliphatic rings. The van der Waals surface area contributed by atoms with Crippen molar-refractivity contribution in [2.24, 2.45) is 11.8 Å². The fraction of sp³-hybridized carbons (Fsp3) is 0.474. The van der Waals surface area contributed by atoms with Gasteiger partial charge in [-0.25, -0.2) is 28.2 Å². The van der Waals surface area contributed by atoms with Crippen molar-refractivity contribution in [3.05, 3.63) is 71.4 Å². The lowest BCUT2D eigenvalue weighted by atomic mass is 9.79. The molecule has 286 valence electrons. The summed E-state index contributed by atoms with van der Waals surface area (Å²) in [6.07, 6.45) is 4.79. The van der Waals surface area contributed by atoms with Crippen molar-refractivity contribution in [2.75, 3.05) is 64.4 Å². The third-order valence-electron chi connectivity index (χ3n) is 11.1. The number of ether oxygens (including phenoxy) is 3. The number of pyridine rings is 1. The molecule has 0 spiro atoms. The maximum absolute atomic E-state index is 15.2. The summed E-state index contributed by atoms with van der Waals surface area (Å²) in [6.45, 7) is 6.42. The second kappa shape index (κ2) is 15.1. The van der Waals surface area contributed by atoms with E-state index in [1.54, 1.807) is 24.0 Å². The molecule has 0 saturated carbocycles. The number of benzene rings is 2. The fourth-order valence-corrected chi connectivity index (χ4v) is 9.76. The Bertz CT molecular complexity index is 2050. The standard InChI is InChI=1S/C38H45N7O8S/c1-4-53-35-30(6-5-15-40-35)38(41-37(48)42-23-27(24-42)26-11-16-43(17-12-26)44-18-13-28(46)14-19-44)31-20-25(22-39)7-9-32(31)45(36(38)47)54(49,50)34-10-8-29(51-2)21-33(34)52-3/h5-10,15,20-21,26-28,46H,4,11-14,16-19,23-24H2,1-3H3,(H,41,48)/t38-/m1/s1. The van der Waals surface area contributed by atoms with Crippen LogP contribution in [0.15, 0.2) is 59.6 Å². The van der Waals surface area contributed by atoms with E-state index in [1.165, 1.54) is 56.8 Å². The number of aliphatic hydroxyl groups is 1. The van der Waals surface area contributed by atoms with Crippen LogP contribution in [0.1, 0.15) is 49.3 Å². The molecule has 4 aliphatic heterocycles. The summed E-state index contributed by atoms with van der Waals surface area (Å²) in [6, 6.07) is 13.0. The molecule has 2 aromatic carbocycles. The third-order valence-corrected chi connectivity index (χ3v) is 12.9. The number of piperidine rings is 2. The number of carbonyl (C=O) groups is 2. The van der Waals surface area contributed by atoms with Crippen molar-refractivity contribution in [1.29, 1.82) is 5.26 Å². The average molecular weight is 760 g/mol. The molecule has 16 heteroatoms. The van der Waals surface area contributed by atoms with Gasteiger partial charge in [0.05, 0.1) is 49.8 Å². The number of hydrogen-bond donors (Lipinski definition) is 2. The highest BCUT2D eigenvalue weighted by Crippen LogP contribution is 2.50. The number of nitrogens with one attached hydrogen (secondary N) is 1. The molecule has 5 heterocycles. The highest BCUT2D eigenvalue weighted by molar-refractivity contribution is 7.93. The van der Waals surface area contributed by atoms with Crippen LogP contribution < -0.4 is 23.8 Å². The van der Waals surface area contributed by atoms with Gasteiger partial charge in [0.15, 0.2) is 5.54 Å². The van der Waals surface area contributed by atoms with Crippen LogP contribution in [0.3, 0.4) is 0 Å². The average Bonchev–Trinajstić information content (AvgIpc) is 3.42. The lowest BCUT2D eigenvalue weighted by Crippen LogP contribution is -2.63. The van der Waals surface area contributed by atoms with Crippen LogP contribution in [0.5, 0.6) is 17.4 Å². The first-order valence-electron chi connectivity index (χ1n) is 18.2. The number of nitriles is 1. The van der Waals surface area contributed by atoms with Gasteiger partial charge in [-0.05, 0) is 86.9 Å². The van der Waals surface area contributed by atoms with E-state index in [0.29, 0.717) is 29.1 Å². The quantitative estimate of drug-likeness (QED) is 0.309. The van der Waals surface area contributed by atoms with E-state index >= 15 is 4.79 Å². The number of likely N-dealkylation sites (tertiary alicyclic amines) is 1. The summed E-state index contributed by atoms with van der Waals surface area (Å²) in [5.74, 6) is 0.0110. The molecular formula is C38H45N7O8S. The zero-order valence-electron chi connectivity index (χ0n) is 30.6. The number of methoxy groups -OCH3 is 2. The molecule has 3 saturated heterocycles. The molecule has 3 fully saturated rings. The molecule has 0 radical (unpaired) electrons. The number of hydrogen-bond acceptors (Lipinski definition) is 12. The molecule has 0 aliphatic carbocycles. The summed E-state index contributed by atoms with van der Waals surface area (Å²) in [7, 11) is -1.96. The van der Waals surface area contributed by atoms with Gasteiger partial charge in [-0.15, -0.1) is 0 Å². The Balaban J connectivity index is 1.21. The monoisotopic (exact) mass is 759 g/mol. The Labute approximate surface area is 315 Å². The van der Waals surface area contributed by atoms with Gasteiger partial charge >= 0.3 is 6.03 Å². The van der Waals surface area contributed by atoms with E-state index in [0.717, 1.165) is 51.9 Å². The minimum absolute atomic E-state index is 0.0275. The predicted molar refractivity (Wildman–Crippen MR) is 196 cm³/mol. The van der Waals surface area contributed by atoms with Gasteiger partial charge in [-0.3, -0.25) is 4.79 Å². The van der Waals surface area contributed by atoms with Crippen molar-refractivity contribution >= 4 is 27.6 Å². The van der Waals surface area contributed by atoms with Crippen LogP contribution >= 0.6 is 0 Å². The van der Waals surface area contributed by atoms with Gasteiger partial charge in [0.25, 0.3) is 15.9 Å². The Morgan fingerprint density at radius 3 is 2.33 bits per heavy atom. The van der Waals surface area contributed by atoms with Crippen molar-refractivity contribution in [3.63, 3.8) is 0 Å². The lowest BCUT2D eigenvalue weighted by Gasteiger charge is -2.48. The first-order chi connectivity index (χ1) is 26.0. The number of sulfonamides is 1. The molecule has 3 amide bonds. The molecule has 1 aromatic heterocycles. The van der Waals surface area contributed by atoms with E-state index in [9.17, 15) is 23.6 Å². The Hall–Kier alpha value is -4.95. The lowest BCUT2D eigenvalue weighted by molar-refractivity contribution is -0.121. The number of amides is 3. The Morgan fingerprint density at radius 2 is 1.69 bits per heavy atom. The Kier molecular flexibility index (Phi) is 10.4. The molecule has 7 rings (SSSR count). The fourth-order valence-electron chi connectivity index (χ4n) is 8.15. The summed E-state index contributed by atoms with van der Waals surface area (Å²) < 4.78 is 46.5.